The number of halogens is 1. The second-order valence-corrected chi connectivity index (χ2v) is 5.90. The summed E-state index contributed by atoms with van der Waals surface area (Å²) in [6.07, 6.45) is 0. The predicted octanol–water partition coefficient (Wildman–Crippen LogP) is 1.34. The molecule has 0 aliphatic carbocycles. The number of benzene rings is 1. The van der Waals surface area contributed by atoms with Gasteiger partial charge in [-0.05, 0) is 18.2 Å². The Morgan fingerprint density at radius 1 is 1.45 bits per heavy atom. The van der Waals surface area contributed by atoms with Gasteiger partial charge < -0.3 is 16.0 Å². The highest BCUT2D eigenvalue weighted by Crippen LogP contribution is 2.21. The molecule has 20 heavy (non-hydrogen) atoms. The predicted molar refractivity (Wildman–Crippen MR) is 82.6 cm³/mol. The second-order valence-electron chi connectivity index (χ2n) is 4.34. The molecule has 2 rings (SSSR count). The third-order valence-electron chi connectivity index (χ3n) is 2.94. The van der Waals surface area contributed by atoms with Crippen LogP contribution in [-0.4, -0.2) is 43.0 Å². The normalized spacial score (nSPS) is 18.4. The third kappa shape index (κ3) is 3.65. The van der Waals surface area contributed by atoms with E-state index in [9.17, 15) is 9.59 Å². The number of rotatable bonds is 3. The van der Waals surface area contributed by atoms with E-state index in [4.69, 9.17) is 11.6 Å². The number of amides is 2. The lowest BCUT2D eigenvalue weighted by Crippen LogP contribution is -2.46. The largest absolute Gasteiger partial charge is 0.355 e. The number of hydrogen-bond donors (Lipinski definition) is 3. The van der Waals surface area contributed by atoms with Crippen molar-refractivity contribution in [1.82, 2.24) is 10.6 Å². The highest BCUT2D eigenvalue weighted by Gasteiger charge is 2.21. The Bertz CT molecular complexity index is 518. The van der Waals surface area contributed by atoms with E-state index in [-0.39, 0.29) is 17.9 Å². The first-order valence-electron chi connectivity index (χ1n) is 6.25. The molecule has 0 bridgehead atoms. The van der Waals surface area contributed by atoms with Gasteiger partial charge in [0.1, 0.15) is 0 Å². The van der Waals surface area contributed by atoms with Gasteiger partial charge in [-0.2, -0.15) is 11.8 Å². The van der Waals surface area contributed by atoms with Gasteiger partial charge in [0.2, 0.25) is 5.91 Å². The molecule has 1 saturated heterocycles. The molecule has 1 fully saturated rings. The van der Waals surface area contributed by atoms with E-state index in [2.05, 4.69) is 16.0 Å². The molecule has 1 aliphatic rings. The molecule has 108 valence electrons. The Kier molecular flexibility index (Phi) is 5.28. The monoisotopic (exact) mass is 313 g/mol. The lowest BCUT2D eigenvalue weighted by Gasteiger charge is -2.22. The van der Waals surface area contributed by atoms with Crippen LogP contribution in [0.5, 0.6) is 0 Å². The number of hydrogen-bond acceptors (Lipinski definition) is 4. The van der Waals surface area contributed by atoms with Crippen LogP contribution in [0.15, 0.2) is 18.2 Å². The highest BCUT2D eigenvalue weighted by molar-refractivity contribution is 7.99. The van der Waals surface area contributed by atoms with Crippen LogP contribution >= 0.6 is 23.4 Å². The smallest absolute Gasteiger partial charge is 0.252 e. The van der Waals surface area contributed by atoms with Gasteiger partial charge in [-0.15, -0.1) is 0 Å². The molecular weight excluding hydrogens is 298 g/mol. The van der Waals surface area contributed by atoms with Crippen LogP contribution in [0, 0.1) is 0 Å². The Balaban J connectivity index is 2.09. The van der Waals surface area contributed by atoms with Gasteiger partial charge in [0, 0.05) is 30.8 Å². The van der Waals surface area contributed by atoms with Gasteiger partial charge in [0.25, 0.3) is 5.91 Å². The quantitative estimate of drug-likeness (QED) is 0.787. The fraction of sp³-hybridized carbons (Fsp3) is 0.385. The molecule has 7 heteroatoms. The molecule has 0 aromatic heterocycles. The number of thioether (sulfide) groups is 1. The van der Waals surface area contributed by atoms with Crippen LogP contribution in [0.2, 0.25) is 5.02 Å². The molecule has 1 aromatic carbocycles. The Morgan fingerprint density at radius 3 is 2.90 bits per heavy atom. The third-order valence-corrected chi connectivity index (χ3v) is 4.34. The minimum atomic E-state index is -0.280. The maximum absolute atomic E-state index is 12.1. The lowest BCUT2D eigenvalue weighted by molar-refractivity contribution is -0.117. The van der Waals surface area contributed by atoms with Gasteiger partial charge in [-0.3, -0.25) is 9.59 Å². The molecule has 1 aromatic rings. The minimum Gasteiger partial charge on any atom is -0.355 e. The van der Waals surface area contributed by atoms with E-state index >= 15 is 0 Å². The van der Waals surface area contributed by atoms with Crippen LogP contribution in [0.25, 0.3) is 0 Å². The van der Waals surface area contributed by atoms with Crippen LogP contribution in [0.4, 0.5) is 5.69 Å². The van der Waals surface area contributed by atoms with E-state index < -0.39 is 0 Å². The van der Waals surface area contributed by atoms with Gasteiger partial charge in [0.15, 0.2) is 0 Å². The Hall–Kier alpha value is -1.24. The molecule has 0 saturated carbocycles. The lowest BCUT2D eigenvalue weighted by atomic mass is 10.1. The topological polar surface area (TPSA) is 70.2 Å². The molecular formula is C13H16ClN3O2S. The standard InChI is InChI=1S/C13H16ClN3O2S/c1-15-12(18)9-6-8(2-3-10(9)14)17-13(19)11-7-20-5-4-16-11/h2-3,6,11,16H,4-5,7H2,1H3,(H,15,18)(H,17,19). The van der Waals surface area contributed by atoms with Crippen molar-refractivity contribution in [1.29, 1.82) is 0 Å². The first-order valence-corrected chi connectivity index (χ1v) is 7.78. The maximum Gasteiger partial charge on any atom is 0.252 e. The first-order chi connectivity index (χ1) is 9.61. The van der Waals surface area contributed by atoms with E-state index in [1.54, 1.807) is 30.0 Å². The summed E-state index contributed by atoms with van der Waals surface area (Å²) in [4.78, 5) is 23.7. The average Bonchev–Trinajstić information content (AvgIpc) is 2.49. The Labute approximate surface area is 126 Å². The zero-order valence-electron chi connectivity index (χ0n) is 11.0. The summed E-state index contributed by atoms with van der Waals surface area (Å²) >= 11 is 7.71. The highest BCUT2D eigenvalue weighted by atomic mass is 35.5. The van der Waals surface area contributed by atoms with Crippen LogP contribution in [0.1, 0.15) is 10.4 Å². The first kappa shape index (κ1) is 15.2. The van der Waals surface area contributed by atoms with Gasteiger partial charge >= 0.3 is 0 Å². The van der Waals surface area contributed by atoms with Crippen LogP contribution in [0.3, 0.4) is 0 Å². The molecule has 2 amide bonds. The van der Waals surface area contributed by atoms with Crippen molar-refractivity contribution in [2.24, 2.45) is 0 Å². The number of nitrogens with one attached hydrogen (secondary N) is 3. The molecule has 5 nitrogen and oxygen atoms in total. The molecule has 1 unspecified atom stereocenters. The zero-order chi connectivity index (χ0) is 14.5. The number of carbonyl (C=O) groups is 2. The van der Waals surface area contributed by atoms with E-state index in [1.807, 2.05) is 0 Å². The fourth-order valence-electron chi connectivity index (χ4n) is 1.87. The SMILES string of the molecule is CNC(=O)c1cc(NC(=O)C2CSCCN2)ccc1Cl. The number of anilines is 1. The summed E-state index contributed by atoms with van der Waals surface area (Å²) in [7, 11) is 1.53. The Morgan fingerprint density at radius 2 is 2.25 bits per heavy atom. The van der Waals surface area contributed by atoms with Crippen molar-refractivity contribution in [2.75, 3.05) is 30.4 Å². The van der Waals surface area contributed by atoms with Crippen molar-refractivity contribution in [2.45, 2.75) is 6.04 Å². The summed E-state index contributed by atoms with van der Waals surface area (Å²) in [6, 6.07) is 4.66. The fourth-order valence-corrected chi connectivity index (χ4v) is 3.01. The van der Waals surface area contributed by atoms with Crippen molar-refractivity contribution in [3.05, 3.63) is 28.8 Å². The summed E-state index contributed by atoms with van der Waals surface area (Å²) in [5.41, 5.74) is 0.910. The molecule has 1 heterocycles. The van der Waals surface area contributed by atoms with E-state index in [0.29, 0.717) is 16.3 Å². The van der Waals surface area contributed by atoms with E-state index in [1.165, 1.54) is 7.05 Å². The summed E-state index contributed by atoms with van der Waals surface area (Å²) < 4.78 is 0. The number of carbonyl (C=O) groups excluding carboxylic acids is 2. The van der Waals surface area contributed by atoms with Gasteiger partial charge in [-0.25, -0.2) is 0 Å². The molecule has 1 atom stereocenters. The van der Waals surface area contributed by atoms with Crippen LogP contribution in [-0.2, 0) is 4.79 Å². The second kappa shape index (κ2) is 6.97. The zero-order valence-corrected chi connectivity index (χ0v) is 12.6. The molecule has 0 spiro atoms. The molecule has 3 N–H and O–H groups in total. The van der Waals surface area contributed by atoms with Crippen molar-refractivity contribution >= 4 is 40.9 Å². The van der Waals surface area contributed by atoms with Crippen LogP contribution < -0.4 is 16.0 Å². The summed E-state index contributed by atoms with van der Waals surface area (Å²) in [5, 5.41) is 8.84. The minimum absolute atomic E-state index is 0.0950. The summed E-state index contributed by atoms with van der Waals surface area (Å²) in [5.74, 6) is 1.40. The molecule has 0 radical (unpaired) electrons. The van der Waals surface area contributed by atoms with Crippen molar-refractivity contribution < 1.29 is 9.59 Å². The summed E-state index contributed by atoms with van der Waals surface area (Å²) in [6.45, 7) is 0.826. The average molecular weight is 314 g/mol. The van der Waals surface area contributed by atoms with Crippen molar-refractivity contribution in [3.63, 3.8) is 0 Å². The maximum atomic E-state index is 12.1. The van der Waals surface area contributed by atoms with Gasteiger partial charge in [-0.1, -0.05) is 11.6 Å². The van der Waals surface area contributed by atoms with Crippen molar-refractivity contribution in [3.8, 4) is 0 Å². The van der Waals surface area contributed by atoms with E-state index in [0.717, 1.165) is 18.1 Å². The van der Waals surface area contributed by atoms with Gasteiger partial charge in [0.05, 0.1) is 16.6 Å². The molecule has 1 aliphatic heterocycles.